The molecule has 8 nitrogen and oxygen atoms in total. The molecule has 0 saturated heterocycles. The molecule has 102 valence electrons. The standard InChI is InChI=1S/C11H14N4O4/c1-7(16)13-4-5-14-11(17)9-6-8(12)2-3-10(9)15(18)19/h2-3,6H,4-5,12H2,1H3,(H,13,16)(H,14,17). The fraction of sp³-hybridized carbons (Fsp3) is 0.273. The lowest BCUT2D eigenvalue weighted by Gasteiger charge is -2.06. The van der Waals surface area contributed by atoms with Gasteiger partial charge in [0, 0.05) is 31.8 Å². The minimum Gasteiger partial charge on any atom is -0.399 e. The van der Waals surface area contributed by atoms with Gasteiger partial charge in [-0.15, -0.1) is 0 Å². The molecule has 0 aromatic heterocycles. The van der Waals surface area contributed by atoms with Crippen LogP contribution in [0.4, 0.5) is 11.4 Å². The highest BCUT2D eigenvalue weighted by atomic mass is 16.6. The number of carbonyl (C=O) groups excluding carboxylic acids is 2. The number of nitrogens with zero attached hydrogens (tertiary/aromatic N) is 1. The molecule has 1 rings (SSSR count). The predicted octanol–water partition coefficient (Wildman–Crippen LogP) is 0.0429. The molecule has 0 unspecified atom stereocenters. The molecule has 0 spiro atoms. The number of nitrogens with one attached hydrogen (secondary N) is 2. The summed E-state index contributed by atoms with van der Waals surface area (Å²) in [6.07, 6.45) is 0. The lowest BCUT2D eigenvalue weighted by molar-refractivity contribution is -0.385. The van der Waals surface area contributed by atoms with Crippen molar-refractivity contribution in [1.29, 1.82) is 0 Å². The summed E-state index contributed by atoms with van der Waals surface area (Å²) in [6.45, 7) is 1.77. The molecule has 4 N–H and O–H groups in total. The second-order valence-corrected chi connectivity index (χ2v) is 3.77. The number of nitro groups is 1. The molecule has 1 aromatic rings. The molecule has 0 saturated carbocycles. The fourth-order valence-corrected chi connectivity index (χ4v) is 1.40. The third-order valence-electron chi connectivity index (χ3n) is 2.25. The zero-order valence-electron chi connectivity index (χ0n) is 10.3. The molecule has 2 amide bonds. The van der Waals surface area contributed by atoms with E-state index in [0.717, 1.165) is 0 Å². The summed E-state index contributed by atoms with van der Waals surface area (Å²) in [6, 6.07) is 3.77. The average Bonchev–Trinajstić information content (AvgIpc) is 2.33. The first-order valence-corrected chi connectivity index (χ1v) is 5.48. The van der Waals surface area contributed by atoms with Crippen LogP contribution in [0.2, 0.25) is 0 Å². The Morgan fingerprint density at radius 3 is 2.53 bits per heavy atom. The monoisotopic (exact) mass is 266 g/mol. The van der Waals surface area contributed by atoms with Crippen molar-refractivity contribution in [2.24, 2.45) is 0 Å². The van der Waals surface area contributed by atoms with Crippen molar-refractivity contribution < 1.29 is 14.5 Å². The van der Waals surface area contributed by atoms with Crippen LogP contribution in [-0.2, 0) is 4.79 Å². The van der Waals surface area contributed by atoms with Gasteiger partial charge < -0.3 is 16.4 Å². The minimum atomic E-state index is -0.651. The third-order valence-corrected chi connectivity index (χ3v) is 2.25. The molecule has 8 heteroatoms. The van der Waals surface area contributed by atoms with Crippen LogP contribution in [0.3, 0.4) is 0 Å². The maximum atomic E-state index is 11.8. The van der Waals surface area contributed by atoms with Gasteiger partial charge in [-0.3, -0.25) is 19.7 Å². The Hall–Kier alpha value is -2.64. The van der Waals surface area contributed by atoms with E-state index in [9.17, 15) is 19.7 Å². The molecule has 0 heterocycles. The summed E-state index contributed by atoms with van der Waals surface area (Å²) in [5.74, 6) is -0.825. The maximum Gasteiger partial charge on any atom is 0.282 e. The van der Waals surface area contributed by atoms with Gasteiger partial charge in [0.25, 0.3) is 11.6 Å². The first kappa shape index (κ1) is 14.4. The summed E-state index contributed by atoms with van der Waals surface area (Å²) in [4.78, 5) is 32.5. The quantitative estimate of drug-likeness (QED) is 0.300. The Morgan fingerprint density at radius 2 is 1.95 bits per heavy atom. The van der Waals surface area contributed by atoms with Gasteiger partial charge in [-0.25, -0.2) is 0 Å². The van der Waals surface area contributed by atoms with Crippen LogP contribution >= 0.6 is 0 Å². The first-order valence-electron chi connectivity index (χ1n) is 5.48. The number of nitrogen functional groups attached to an aromatic ring is 1. The van der Waals surface area contributed by atoms with Gasteiger partial charge >= 0.3 is 0 Å². The average molecular weight is 266 g/mol. The highest BCUT2D eigenvalue weighted by Gasteiger charge is 2.19. The van der Waals surface area contributed by atoms with Crippen LogP contribution in [0, 0.1) is 10.1 Å². The van der Waals surface area contributed by atoms with E-state index in [1.54, 1.807) is 0 Å². The molecule has 19 heavy (non-hydrogen) atoms. The summed E-state index contributed by atoms with van der Waals surface area (Å²) in [5, 5.41) is 15.7. The van der Waals surface area contributed by atoms with E-state index in [4.69, 9.17) is 5.73 Å². The molecule has 0 bridgehead atoms. The number of nitro benzene ring substituents is 1. The molecule has 0 atom stereocenters. The lowest BCUT2D eigenvalue weighted by atomic mass is 10.1. The predicted molar refractivity (Wildman–Crippen MR) is 68.5 cm³/mol. The fourth-order valence-electron chi connectivity index (χ4n) is 1.40. The largest absolute Gasteiger partial charge is 0.399 e. The number of carbonyl (C=O) groups is 2. The lowest BCUT2D eigenvalue weighted by Crippen LogP contribution is -2.33. The maximum absolute atomic E-state index is 11.8. The molecular weight excluding hydrogens is 252 g/mol. The van der Waals surface area contributed by atoms with Crippen molar-refractivity contribution >= 4 is 23.2 Å². The molecule has 0 aliphatic rings. The summed E-state index contributed by atoms with van der Waals surface area (Å²) < 4.78 is 0. The third kappa shape index (κ3) is 4.26. The van der Waals surface area contributed by atoms with Crippen molar-refractivity contribution in [3.05, 3.63) is 33.9 Å². The van der Waals surface area contributed by atoms with Crippen LogP contribution in [-0.4, -0.2) is 29.8 Å². The number of hydrogen-bond donors (Lipinski definition) is 3. The Kier molecular flexibility index (Phi) is 4.81. The Labute approximate surface area is 109 Å². The summed E-state index contributed by atoms with van der Waals surface area (Å²) in [7, 11) is 0. The second-order valence-electron chi connectivity index (χ2n) is 3.77. The van der Waals surface area contributed by atoms with Crippen molar-refractivity contribution in [3.8, 4) is 0 Å². The molecule has 0 aliphatic heterocycles. The van der Waals surface area contributed by atoms with Crippen LogP contribution in [0.15, 0.2) is 18.2 Å². The second kappa shape index (κ2) is 6.34. The summed E-state index contributed by atoms with van der Waals surface area (Å²) >= 11 is 0. The Balaban J connectivity index is 2.73. The molecule has 0 radical (unpaired) electrons. The summed E-state index contributed by atoms with van der Waals surface area (Å²) in [5.41, 5.74) is 5.34. The minimum absolute atomic E-state index is 0.104. The number of rotatable bonds is 5. The van der Waals surface area contributed by atoms with Crippen LogP contribution in [0.5, 0.6) is 0 Å². The van der Waals surface area contributed by atoms with Gasteiger partial charge in [0.2, 0.25) is 5.91 Å². The zero-order valence-corrected chi connectivity index (χ0v) is 10.3. The zero-order chi connectivity index (χ0) is 14.4. The van der Waals surface area contributed by atoms with E-state index in [2.05, 4.69) is 10.6 Å². The van der Waals surface area contributed by atoms with E-state index in [1.807, 2.05) is 0 Å². The highest BCUT2D eigenvalue weighted by Crippen LogP contribution is 2.20. The van der Waals surface area contributed by atoms with Gasteiger partial charge in [0.15, 0.2) is 0 Å². The van der Waals surface area contributed by atoms with Crippen LogP contribution < -0.4 is 16.4 Å². The topological polar surface area (TPSA) is 127 Å². The van der Waals surface area contributed by atoms with Gasteiger partial charge in [0.1, 0.15) is 5.56 Å². The number of benzene rings is 1. The number of hydrogen-bond acceptors (Lipinski definition) is 5. The van der Waals surface area contributed by atoms with Gasteiger partial charge in [-0.2, -0.15) is 0 Å². The van der Waals surface area contributed by atoms with Crippen molar-refractivity contribution in [1.82, 2.24) is 10.6 Å². The highest BCUT2D eigenvalue weighted by molar-refractivity contribution is 5.99. The van der Waals surface area contributed by atoms with E-state index < -0.39 is 10.8 Å². The number of amides is 2. The Morgan fingerprint density at radius 1 is 1.32 bits per heavy atom. The van der Waals surface area contributed by atoms with E-state index in [-0.39, 0.29) is 35.9 Å². The van der Waals surface area contributed by atoms with Crippen LogP contribution in [0.25, 0.3) is 0 Å². The first-order chi connectivity index (χ1) is 8.91. The Bertz CT molecular complexity index is 515. The SMILES string of the molecule is CC(=O)NCCNC(=O)c1cc(N)ccc1[N+](=O)[O-]. The molecule has 0 fully saturated rings. The number of anilines is 1. The van der Waals surface area contributed by atoms with Crippen molar-refractivity contribution in [2.75, 3.05) is 18.8 Å². The molecular formula is C11H14N4O4. The van der Waals surface area contributed by atoms with Crippen molar-refractivity contribution in [2.45, 2.75) is 6.92 Å². The molecule has 1 aromatic carbocycles. The van der Waals surface area contributed by atoms with E-state index in [1.165, 1.54) is 25.1 Å². The number of nitrogens with two attached hydrogens (primary N) is 1. The van der Waals surface area contributed by atoms with Crippen LogP contribution in [0.1, 0.15) is 17.3 Å². The molecule has 0 aliphatic carbocycles. The van der Waals surface area contributed by atoms with Crippen molar-refractivity contribution in [3.63, 3.8) is 0 Å². The van der Waals surface area contributed by atoms with E-state index in [0.29, 0.717) is 0 Å². The van der Waals surface area contributed by atoms with Gasteiger partial charge in [-0.1, -0.05) is 0 Å². The smallest absolute Gasteiger partial charge is 0.282 e. The van der Waals surface area contributed by atoms with Gasteiger partial charge in [-0.05, 0) is 12.1 Å². The van der Waals surface area contributed by atoms with Gasteiger partial charge in [0.05, 0.1) is 4.92 Å². The van der Waals surface area contributed by atoms with E-state index >= 15 is 0 Å². The normalized spacial score (nSPS) is 9.74.